The molecule has 0 bridgehead atoms. The third kappa shape index (κ3) is 2.87. The lowest BCUT2D eigenvalue weighted by Gasteiger charge is -2.39. The van der Waals surface area contributed by atoms with Gasteiger partial charge in [-0.15, -0.1) is 0 Å². The quantitative estimate of drug-likeness (QED) is 0.799. The summed E-state index contributed by atoms with van der Waals surface area (Å²) in [6.45, 7) is 1.98. The molecular formula is C18H23NO2. The second-order valence-corrected chi connectivity index (χ2v) is 6.76. The Morgan fingerprint density at radius 2 is 1.62 bits per heavy atom. The van der Waals surface area contributed by atoms with Crippen molar-refractivity contribution in [2.75, 3.05) is 0 Å². The van der Waals surface area contributed by atoms with Gasteiger partial charge in [0, 0.05) is 18.9 Å². The van der Waals surface area contributed by atoms with Gasteiger partial charge in [-0.2, -0.15) is 0 Å². The van der Waals surface area contributed by atoms with Crippen LogP contribution in [-0.2, 0) is 16.0 Å². The van der Waals surface area contributed by atoms with Crippen molar-refractivity contribution in [2.45, 2.75) is 57.9 Å². The van der Waals surface area contributed by atoms with Crippen molar-refractivity contribution in [2.24, 2.45) is 5.41 Å². The lowest BCUT2D eigenvalue weighted by Crippen LogP contribution is -2.51. The minimum absolute atomic E-state index is 0.00284. The second-order valence-electron chi connectivity index (χ2n) is 6.76. The first-order valence-electron chi connectivity index (χ1n) is 7.98. The molecule has 1 aliphatic heterocycles. The second kappa shape index (κ2) is 5.63. The first kappa shape index (κ1) is 14.3. The standard InChI is InChI=1S/C18H23NO2/c1-14(11-15-7-3-2-4-8-15)19-16(20)12-18(13-17(19)21)9-5-6-10-18/h2-4,7-8,14H,5-6,9-13H2,1H3/t14-/m0/s1. The van der Waals surface area contributed by atoms with Crippen molar-refractivity contribution < 1.29 is 9.59 Å². The number of carbonyl (C=O) groups is 2. The van der Waals surface area contributed by atoms with Gasteiger partial charge >= 0.3 is 0 Å². The zero-order valence-corrected chi connectivity index (χ0v) is 12.7. The maximum atomic E-state index is 12.5. The normalized spacial score (nSPS) is 22.8. The van der Waals surface area contributed by atoms with Gasteiger partial charge in [0.15, 0.2) is 0 Å². The Morgan fingerprint density at radius 3 is 2.19 bits per heavy atom. The molecule has 1 heterocycles. The van der Waals surface area contributed by atoms with Crippen molar-refractivity contribution >= 4 is 11.8 Å². The van der Waals surface area contributed by atoms with Crippen molar-refractivity contribution in [3.05, 3.63) is 35.9 Å². The summed E-state index contributed by atoms with van der Waals surface area (Å²) in [5.41, 5.74) is 1.17. The Morgan fingerprint density at radius 1 is 1.05 bits per heavy atom. The molecule has 1 saturated heterocycles. The van der Waals surface area contributed by atoms with Crippen LogP contribution in [0.25, 0.3) is 0 Å². The number of piperidine rings is 1. The van der Waals surface area contributed by atoms with E-state index in [9.17, 15) is 9.59 Å². The molecule has 1 saturated carbocycles. The number of hydrogen-bond donors (Lipinski definition) is 0. The van der Waals surface area contributed by atoms with Gasteiger partial charge in [0.05, 0.1) is 0 Å². The molecule has 2 aliphatic rings. The molecule has 1 aromatic carbocycles. The summed E-state index contributed by atoms with van der Waals surface area (Å²) in [5.74, 6) is 0.0770. The molecule has 21 heavy (non-hydrogen) atoms. The van der Waals surface area contributed by atoms with Crippen LogP contribution in [-0.4, -0.2) is 22.8 Å². The smallest absolute Gasteiger partial charge is 0.229 e. The first-order chi connectivity index (χ1) is 10.1. The van der Waals surface area contributed by atoms with E-state index in [-0.39, 0.29) is 23.3 Å². The fourth-order valence-corrected chi connectivity index (χ4v) is 4.03. The minimum atomic E-state index is -0.0499. The Balaban J connectivity index is 1.71. The highest BCUT2D eigenvalue weighted by Crippen LogP contribution is 2.47. The van der Waals surface area contributed by atoms with Gasteiger partial charge < -0.3 is 0 Å². The fraction of sp³-hybridized carbons (Fsp3) is 0.556. The van der Waals surface area contributed by atoms with E-state index >= 15 is 0 Å². The highest BCUT2D eigenvalue weighted by molar-refractivity contribution is 5.99. The number of carbonyl (C=O) groups excluding carboxylic acids is 2. The van der Waals surface area contributed by atoms with E-state index in [1.165, 1.54) is 23.3 Å². The third-order valence-corrected chi connectivity index (χ3v) is 5.07. The largest absolute Gasteiger partial charge is 0.279 e. The molecule has 1 aromatic rings. The lowest BCUT2D eigenvalue weighted by molar-refractivity contribution is -0.155. The van der Waals surface area contributed by atoms with E-state index in [0.29, 0.717) is 12.8 Å². The van der Waals surface area contributed by atoms with Gasteiger partial charge in [-0.25, -0.2) is 0 Å². The topological polar surface area (TPSA) is 37.4 Å². The summed E-state index contributed by atoms with van der Waals surface area (Å²) < 4.78 is 0. The maximum Gasteiger partial charge on any atom is 0.229 e. The molecule has 1 aliphatic carbocycles. The molecule has 2 fully saturated rings. The maximum absolute atomic E-state index is 12.5. The Labute approximate surface area is 126 Å². The predicted octanol–water partition coefficient (Wildman–Crippen LogP) is 3.33. The van der Waals surface area contributed by atoms with E-state index in [1.54, 1.807) is 0 Å². The van der Waals surface area contributed by atoms with Crippen LogP contribution in [0.3, 0.4) is 0 Å². The highest BCUT2D eigenvalue weighted by Gasteiger charge is 2.46. The van der Waals surface area contributed by atoms with Gasteiger partial charge in [0.2, 0.25) is 11.8 Å². The molecule has 0 aromatic heterocycles. The zero-order chi connectivity index (χ0) is 14.9. The number of benzene rings is 1. The third-order valence-electron chi connectivity index (χ3n) is 5.07. The molecule has 2 amide bonds. The van der Waals surface area contributed by atoms with Crippen LogP contribution in [0, 0.1) is 5.41 Å². The molecule has 3 nitrogen and oxygen atoms in total. The van der Waals surface area contributed by atoms with E-state index in [2.05, 4.69) is 0 Å². The van der Waals surface area contributed by atoms with Gasteiger partial charge in [0.1, 0.15) is 0 Å². The summed E-state index contributed by atoms with van der Waals surface area (Å²) in [5, 5.41) is 0. The predicted molar refractivity (Wildman–Crippen MR) is 81.6 cm³/mol. The molecule has 3 rings (SSSR count). The van der Waals surface area contributed by atoms with Crippen molar-refractivity contribution in [3.63, 3.8) is 0 Å². The Kier molecular flexibility index (Phi) is 3.83. The van der Waals surface area contributed by atoms with E-state index in [0.717, 1.165) is 19.3 Å². The van der Waals surface area contributed by atoms with Gasteiger partial charge in [-0.05, 0) is 37.2 Å². The van der Waals surface area contributed by atoms with Crippen LogP contribution in [0.2, 0.25) is 0 Å². The lowest BCUT2D eigenvalue weighted by atomic mass is 9.76. The van der Waals surface area contributed by atoms with Gasteiger partial charge in [-0.1, -0.05) is 43.2 Å². The molecule has 112 valence electrons. The molecule has 0 N–H and O–H groups in total. The first-order valence-corrected chi connectivity index (χ1v) is 7.98. The Hall–Kier alpha value is -1.64. The minimum Gasteiger partial charge on any atom is -0.279 e. The number of nitrogens with zero attached hydrogens (tertiary/aromatic N) is 1. The zero-order valence-electron chi connectivity index (χ0n) is 12.7. The van der Waals surface area contributed by atoms with Gasteiger partial charge in [0.25, 0.3) is 0 Å². The van der Waals surface area contributed by atoms with E-state index in [4.69, 9.17) is 0 Å². The summed E-state index contributed by atoms with van der Waals surface area (Å²) in [4.78, 5) is 26.5. The Bertz CT molecular complexity index is 511. The van der Waals surface area contributed by atoms with Crippen LogP contribution < -0.4 is 0 Å². The number of likely N-dealkylation sites (tertiary alicyclic amines) is 1. The molecule has 3 heteroatoms. The van der Waals surface area contributed by atoms with Crippen molar-refractivity contribution in [3.8, 4) is 0 Å². The van der Waals surface area contributed by atoms with E-state index in [1.807, 2.05) is 37.3 Å². The molecule has 1 atom stereocenters. The summed E-state index contributed by atoms with van der Waals surface area (Å²) >= 11 is 0. The molecule has 0 unspecified atom stereocenters. The SMILES string of the molecule is C[C@@H](Cc1ccccc1)N1C(=O)CC2(CCCC2)CC1=O. The fourth-order valence-electron chi connectivity index (χ4n) is 4.03. The number of imide groups is 1. The summed E-state index contributed by atoms with van der Waals surface area (Å²) in [7, 11) is 0. The molecule has 1 spiro atoms. The summed E-state index contributed by atoms with van der Waals surface area (Å²) in [6, 6.07) is 10.0. The van der Waals surface area contributed by atoms with Crippen LogP contribution >= 0.6 is 0 Å². The van der Waals surface area contributed by atoms with Gasteiger partial charge in [-0.3, -0.25) is 14.5 Å². The monoisotopic (exact) mass is 285 g/mol. The number of amides is 2. The van der Waals surface area contributed by atoms with Crippen LogP contribution in [0.1, 0.15) is 51.0 Å². The summed E-state index contributed by atoms with van der Waals surface area (Å²) in [6.07, 6.45) is 6.30. The average Bonchev–Trinajstić information content (AvgIpc) is 2.86. The van der Waals surface area contributed by atoms with Crippen molar-refractivity contribution in [1.29, 1.82) is 0 Å². The number of hydrogen-bond acceptors (Lipinski definition) is 2. The molecule has 0 radical (unpaired) electrons. The van der Waals surface area contributed by atoms with Crippen LogP contribution in [0.5, 0.6) is 0 Å². The highest BCUT2D eigenvalue weighted by atomic mass is 16.2. The van der Waals surface area contributed by atoms with Crippen molar-refractivity contribution in [1.82, 2.24) is 4.90 Å². The van der Waals surface area contributed by atoms with Crippen LogP contribution in [0.15, 0.2) is 30.3 Å². The average molecular weight is 285 g/mol. The van der Waals surface area contributed by atoms with Crippen LogP contribution in [0.4, 0.5) is 0 Å². The molecular weight excluding hydrogens is 262 g/mol. The number of rotatable bonds is 3. The van der Waals surface area contributed by atoms with E-state index < -0.39 is 0 Å².